The molecule has 33 heavy (non-hydrogen) atoms. The molecule has 3 aromatic carbocycles. The molecule has 0 bridgehead atoms. The van der Waals surface area contributed by atoms with Gasteiger partial charge in [0.25, 0.3) is 5.91 Å². The molecule has 1 aliphatic rings. The molecule has 2 heterocycles. The molecule has 5 rings (SSSR count). The topological polar surface area (TPSA) is 45.5 Å². The highest BCUT2D eigenvalue weighted by atomic mass is 19.1. The molecule has 1 aliphatic heterocycles. The number of fused-ring (bicyclic) bond motifs is 1. The van der Waals surface area contributed by atoms with Crippen molar-refractivity contribution in [3.8, 4) is 0 Å². The van der Waals surface area contributed by atoms with E-state index in [0.29, 0.717) is 28.5 Å². The summed E-state index contributed by atoms with van der Waals surface area (Å²) < 4.78 is 20.7. The summed E-state index contributed by atoms with van der Waals surface area (Å²) in [6.45, 7) is 4.03. The van der Waals surface area contributed by atoms with Crippen LogP contribution in [0.2, 0.25) is 0 Å². The number of carbonyl (C=O) groups excluding carboxylic acids is 1. The smallest absolute Gasteiger partial charge is 0.255 e. The average molecular weight is 443 g/mol. The number of piperidine rings is 1. The van der Waals surface area contributed by atoms with Crippen LogP contribution in [0.15, 0.2) is 83.3 Å². The average Bonchev–Trinajstić information content (AvgIpc) is 3.19. The van der Waals surface area contributed by atoms with Crippen molar-refractivity contribution >= 4 is 22.6 Å². The van der Waals surface area contributed by atoms with Gasteiger partial charge in [0.2, 0.25) is 0 Å². The van der Waals surface area contributed by atoms with Crippen LogP contribution in [0.3, 0.4) is 0 Å². The van der Waals surface area contributed by atoms with Crippen molar-refractivity contribution in [2.24, 2.45) is 5.92 Å². The van der Waals surface area contributed by atoms with Gasteiger partial charge in [-0.05, 0) is 73.8 Å². The molecule has 4 aromatic rings. The summed E-state index contributed by atoms with van der Waals surface area (Å²) in [7, 11) is 0. The number of para-hydroxylation sites is 1. The molecule has 4 nitrogen and oxygen atoms in total. The van der Waals surface area contributed by atoms with E-state index in [-0.39, 0.29) is 17.8 Å². The van der Waals surface area contributed by atoms with Gasteiger partial charge in [-0.25, -0.2) is 4.39 Å². The molecule has 5 heteroatoms. The van der Waals surface area contributed by atoms with Crippen LogP contribution in [0.4, 0.5) is 10.1 Å². The first-order valence-electron chi connectivity index (χ1n) is 11.5. The van der Waals surface area contributed by atoms with Crippen LogP contribution in [-0.4, -0.2) is 23.9 Å². The second kappa shape index (κ2) is 9.20. The first-order chi connectivity index (χ1) is 16.1. The number of nitrogens with one attached hydrogen (secondary N) is 1. The predicted molar refractivity (Wildman–Crippen MR) is 129 cm³/mol. The standard InChI is InChI=1S/C28H27FN2O2/c1-19-14-16-31(17-15-19)26(21-10-7-11-22(29)18-21)27-25(23-12-5-6-13-24(23)33-27)30-28(32)20-8-3-2-4-9-20/h2-13,18-19,26H,14-17H2,1H3,(H,30,32). The highest BCUT2D eigenvalue weighted by Gasteiger charge is 2.32. The number of anilines is 1. The van der Waals surface area contributed by atoms with Crippen molar-refractivity contribution in [2.75, 3.05) is 18.4 Å². The van der Waals surface area contributed by atoms with Gasteiger partial charge in [0.05, 0.1) is 11.7 Å². The SMILES string of the molecule is CC1CCN(C(c2cccc(F)c2)c2oc3ccccc3c2NC(=O)c2ccccc2)CC1. The first kappa shape index (κ1) is 21.4. The van der Waals surface area contributed by atoms with Gasteiger partial charge in [-0.3, -0.25) is 9.69 Å². The van der Waals surface area contributed by atoms with Crippen molar-refractivity contribution in [3.05, 3.63) is 102 Å². The molecule has 1 atom stereocenters. The second-order valence-electron chi connectivity index (χ2n) is 8.83. The molecular weight excluding hydrogens is 415 g/mol. The van der Waals surface area contributed by atoms with E-state index in [1.165, 1.54) is 6.07 Å². The number of rotatable bonds is 5. The van der Waals surface area contributed by atoms with Crippen LogP contribution in [-0.2, 0) is 0 Å². The highest BCUT2D eigenvalue weighted by molar-refractivity contribution is 6.09. The third kappa shape index (κ3) is 4.41. The maximum Gasteiger partial charge on any atom is 0.255 e. The fourth-order valence-corrected chi connectivity index (χ4v) is 4.65. The van der Waals surface area contributed by atoms with Gasteiger partial charge in [-0.15, -0.1) is 0 Å². The number of amides is 1. The lowest BCUT2D eigenvalue weighted by atomic mass is 9.94. The van der Waals surface area contributed by atoms with Gasteiger partial charge in [-0.1, -0.05) is 49.4 Å². The molecule has 1 unspecified atom stereocenters. The Hall–Kier alpha value is -3.44. The predicted octanol–water partition coefficient (Wildman–Crippen LogP) is 6.65. The van der Waals surface area contributed by atoms with Crippen molar-refractivity contribution in [1.82, 2.24) is 4.90 Å². The Morgan fingerprint density at radius 3 is 2.48 bits per heavy atom. The van der Waals surface area contributed by atoms with Crippen molar-refractivity contribution in [3.63, 3.8) is 0 Å². The zero-order chi connectivity index (χ0) is 22.8. The summed E-state index contributed by atoms with van der Waals surface area (Å²) >= 11 is 0. The molecule has 0 saturated carbocycles. The van der Waals surface area contributed by atoms with Crippen LogP contribution in [0.25, 0.3) is 11.0 Å². The van der Waals surface area contributed by atoms with Gasteiger partial charge < -0.3 is 9.73 Å². The Bertz CT molecular complexity index is 1260. The van der Waals surface area contributed by atoms with E-state index in [0.717, 1.165) is 36.9 Å². The zero-order valence-electron chi connectivity index (χ0n) is 18.6. The van der Waals surface area contributed by atoms with E-state index in [4.69, 9.17) is 4.42 Å². The number of hydrogen-bond donors (Lipinski definition) is 1. The molecular formula is C28H27FN2O2. The lowest BCUT2D eigenvalue weighted by molar-refractivity contribution is 0.102. The maximum atomic E-state index is 14.3. The van der Waals surface area contributed by atoms with Gasteiger partial charge in [0, 0.05) is 10.9 Å². The first-order valence-corrected chi connectivity index (χ1v) is 11.5. The lowest BCUT2D eigenvalue weighted by Gasteiger charge is -2.36. The van der Waals surface area contributed by atoms with E-state index < -0.39 is 0 Å². The Balaban J connectivity index is 1.63. The van der Waals surface area contributed by atoms with E-state index in [1.807, 2.05) is 48.5 Å². The van der Waals surface area contributed by atoms with Crippen LogP contribution in [0.5, 0.6) is 0 Å². The van der Waals surface area contributed by atoms with Crippen molar-refractivity contribution < 1.29 is 13.6 Å². The van der Waals surface area contributed by atoms with Crippen molar-refractivity contribution in [1.29, 1.82) is 0 Å². The summed E-state index contributed by atoms with van der Waals surface area (Å²) in [6, 6.07) is 23.2. The molecule has 0 spiro atoms. The second-order valence-corrected chi connectivity index (χ2v) is 8.83. The lowest BCUT2D eigenvalue weighted by Crippen LogP contribution is -2.37. The van der Waals surface area contributed by atoms with E-state index in [9.17, 15) is 9.18 Å². The van der Waals surface area contributed by atoms with E-state index in [2.05, 4.69) is 17.1 Å². The number of halogens is 1. The fraction of sp³-hybridized carbons (Fsp3) is 0.250. The minimum Gasteiger partial charge on any atom is -0.457 e. The molecule has 1 saturated heterocycles. The third-order valence-corrected chi connectivity index (χ3v) is 6.49. The fourth-order valence-electron chi connectivity index (χ4n) is 4.65. The molecule has 0 aliphatic carbocycles. The third-order valence-electron chi connectivity index (χ3n) is 6.49. The monoisotopic (exact) mass is 442 g/mol. The van der Waals surface area contributed by atoms with Crippen molar-refractivity contribution in [2.45, 2.75) is 25.8 Å². The summed E-state index contributed by atoms with van der Waals surface area (Å²) in [5.41, 5.74) is 2.73. The minimum absolute atomic E-state index is 0.200. The van der Waals surface area contributed by atoms with Gasteiger partial charge in [0.15, 0.2) is 0 Å². The number of carbonyl (C=O) groups is 1. The van der Waals surface area contributed by atoms with Crippen LogP contribution < -0.4 is 5.32 Å². The Labute approximate surface area is 193 Å². The molecule has 168 valence electrons. The maximum absolute atomic E-state index is 14.3. The van der Waals surface area contributed by atoms with Crippen LogP contribution in [0.1, 0.15) is 47.5 Å². The van der Waals surface area contributed by atoms with Crippen LogP contribution in [0, 0.1) is 11.7 Å². The van der Waals surface area contributed by atoms with E-state index >= 15 is 0 Å². The highest BCUT2D eigenvalue weighted by Crippen LogP contribution is 2.41. The molecule has 0 radical (unpaired) electrons. The summed E-state index contributed by atoms with van der Waals surface area (Å²) in [6.07, 6.45) is 2.13. The van der Waals surface area contributed by atoms with E-state index in [1.54, 1.807) is 24.3 Å². The molecule has 1 N–H and O–H groups in total. The largest absolute Gasteiger partial charge is 0.457 e. The molecule has 1 fully saturated rings. The normalized spacial score (nSPS) is 16.1. The quantitative estimate of drug-likeness (QED) is 0.377. The van der Waals surface area contributed by atoms with Gasteiger partial charge in [0.1, 0.15) is 17.2 Å². The zero-order valence-corrected chi connectivity index (χ0v) is 18.6. The Kier molecular flexibility index (Phi) is 5.97. The number of nitrogens with zero attached hydrogens (tertiary/aromatic N) is 1. The Morgan fingerprint density at radius 1 is 1.00 bits per heavy atom. The van der Waals surface area contributed by atoms with Crippen LogP contribution >= 0.6 is 0 Å². The number of hydrogen-bond acceptors (Lipinski definition) is 3. The Morgan fingerprint density at radius 2 is 1.73 bits per heavy atom. The van der Waals surface area contributed by atoms with Gasteiger partial charge in [-0.2, -0.15) is 0 Å². The number of benzene rings is 3. The molecule has 1 amide bonds. The summed E-state index contributed by atoms with van der Waals surface area (Å²) in [5, 5.41) is 3.95. The number of likely N-dealkylation sites (tertiary alicyclic amines) is 1. The number of furan rings is 1. The molecule has 1 aromatic heterocycles. The summed E-state index contributed by atoms with van der Waals surface area (Å²) in [5.74, 6) is 0.811. The minimum atomic E-state index is -0.299. The van der Waals surface area contributed by atoms with Gasteiger partial charge >= 0.3 is 0 Å². The summed E-state index contributed by atoms with van der Waals surface area (Å²) in [4.78, 5) is 15.5.